The monoisotopic (exact) mass is 444 g/mol. The van der Waals surface area contributed by atoms with Gasteiger partial charge < -0.3 is 9.16 Å². The van der Waals surface area contributed by atoms with E-state index in [2.05, 4.69) is 55.9 Å². The van der Waals surface area contributed by atoms with Crippen molar-refractivity contribution in [3.8, 4) is 0 Å². The molecule has 0 fully saturated rings. The van der Waals surface area contributed by atoms with Gasteiger partial charge in [-0.15, -0.1) is 0 Å². The van der Waals surface area contributed by atoms with Gasteiger partial charge in [-0.1, -0.05) is 42.8 Å². The van der Waals surface area contributed by atoms with Crippen LogP contribution in [0.25, 0.3) is 0 Å². The minimum atomic E-state index is -1.64. The molecule has 26 heavy (non-hydrogen) atoms. The molecule has 0 saturated carbocycles. The van der Waals surface area contributed by atoms with Gasteiger partial charge in [0.05, 0.1) is 6.42 Å². The maximum Gasteiger partial charge on any atom is 0.303 e. The van der Waals surface area contributed by atoms with E-state index in [0.717, 1.165) is 35.9 Å². The molecule has 6 heteroatoms. The van der Waals surface area contributed by atoms with Gasteiger partial charge in [0.1, 0.15) is 6.10 Å². The van der Waals surface area contributed by atoms with Crippen molar-refractivity contribution < 1.29 is 18.8 Å². The molecule has 0 aromatic heterocycles. The molecule has 1 rings (SSSR count). The smallest absolute Gasteiger partial charge is 0.303 e. The summed E-state index contributed by atoms with van der Waals surface area (Å²) in [7, 11) is -1.64. The topological polar surface area (TPSA) is 52.6 Å². The van der Waals surface area contributed by atoms with Gasteiger partial charge in [0.15, 0.2) is 14.1 Å². The standard InChI is InChI=1S/C20H33BrO4Si/c1-15(22)25-18-13-16(19(23)14-18)12-17(21)10-8-7-9-11-24-26(5,6)20(2,3)4/h10,13,18H,7-9,11-12,14H2,1-6H3/b17-10-/t18-/m0/s1. The maximum absolute atomic E-state index is 12.0. The third-order valence-electron chi connectivity index (χ3n) is 5.04. The quantitative estimate of drug-likeness (QED) is 0.260. The second-order valence-electron chi connectivity index (χ2n) is 8.40. The molecule has 0 aliphatic heterocycles. The van der Waals surface area contributed by atoms with E-state index < -0.39 is 14.4 Å². The van der Waals surface area contributed by atoms with E-state index >= 15 is 0 Å². The fourth-order valence-electron chi connectivity index (χ4n) is 2.44. The van der Waals surface area contributed by atoms with E-state index in [1.54, 1.807) is 6.08 Å². The molecule has 0 N–H and O–H groups in total. The number of hydrogen-bond donors (Lipinski definition) is 0. The van der Waals surface area contributed by atoms with Gasteiger partial charge in [0, 0.05) is 20.0 Å². The van der Waals surface area contributed by atoms with Crippen molar-refractivity contribution in [2.75, 3.05) is 6.61 Å². The summed E-state index contributed by atoms with van der Waals surface area (Å²) in [4.78, 5) is 23.0. The Kier molecular flexibility index (Phi) is 8.96. The first-order valence-corrected chi connectivity index (χ1v) is 13.0. The van der Waals surface area contributed by atoms with Gasteiger partial charge in [0.2, 0.25) is 0 Å². The lowest BCUT2D eigenvalue weighted by Crippen LogP contribution is -2.40. The van der Waals surface area contributed by atoms with Gasteiger partial charge in [-0.25, -0.2) is 0 Å². The third kappa shape index (κ3) is 7.88. The lowest BCUT2D eigenvalue weighted by Gasteiger charge is -2.36. The summed E-state index contributed by atoms with van der Waals surface area (Å²) in [6.45, 7) is 13.5. The van der Waals surface area contributed by atoms with Crippen LogP contribution >= 0.6 is 15.9 Å². The normalized spacial score (nSPS) is 18.9. The zero-order valence-electron chi connectivity index (χ0n) is 17.0. The SMILES string of the molecule is CC(=O)O[C@H]1C=C(C/C(Br)=C/CCCCO[Si](C)(C)C(C)(C)C)C(=O)C1. The van der Waals surface area contributed by atoms with Crippen molar-refractivity contribution in [2.24, 2.45) is 0 Å². The third-order valence-corrected chi connectivity index (χ3v) is 10.2. The van der Waals surface area contributed by atoms with Crippen LogP contribution in [-0.4, -0.2) is 32.8 Å². The fraction of sp³-hybridized carbons (Fsp3) is 0.700. The predicted molar refractivity (Wildman–Crippen MR) is 112 cm³/mol. The largest absolute Gasteiger partial charge is 0.458 e. The Hall–Kier alpha value is -0.723. The first-order valence-electron chi connectivity index (χ1n) is 9.32. The molecule has 0 amide bonds. The fourth-order valence-corrected chi connectivity index (χ4v) is 4.06. The van der Waals surface area contributed by atoms with E-state index in [1.807, 2.05) is 0 Å². The molecule has 1 atom stereocenters. The Balaban J connectivity index is 2.32. The number of esters is 1. The molecule has 0 radical (unpaired) electrons. The van der Waals surface area contributed by atoms with E-state index in [1.165, 1.54) is 6.92 Å². The van der Waals surface area contributed by atoms with Crippen LogP contribution in [0.5, 0.6) is 0 Å². The Morgan fingerprint density at radius 3 is 2.58 bits per heavy atom. The molecule has 0 heterocycles. The van der Waals surface area contributed by atoms with Crippen LogP contribution in [0.15, 0.2) is 22.2 Å². The second kappa shape index (κ2) is 9.99. The van der Waals surface area contributed by atoms with Crippen LogP contribution in [0.2, 0.25) is 18.1 Å². The number of Topliss-reactive ketones (excluding diaryl/α,β-unsaturated/α-hetero) is 1. The number of halogens is 1. The highest BCUT2D eigenvalue weighted by Gasteiger charge is 2.36. The van der Waals surface area contributed by atoms with Crippen LogP contribution in [0.1, 0.15) is 59.8 Å². The maximum atomic E-state index is 12.0. The molecular formula is C20H33BrO4Si. The molecule has 1 aliphatic rings. The molecule has 1 aliphatic carbocycles. The Bertz CT molecular complexity index is 573. The number of ether oxygens (including phenoxy) is 1. The van der Waals surface area contributed by atoms with Gasteiger partial charge >= 0.3 is 5.97 Å². The summed E-state index contributed by atoms with van der Waals surface area (Å²) >= 11 is 3.55. The van der Waals surface area contributed by atoms with E-state index in [9.17, 15) is 9.59 Å². The molecule has 0 aromatic carbocycles. The highest BCUT2D eigenvalue weighted by molar-refractivity contribution is 9.11. The molecule has 148 valence electrons. The zero-order valence-corrected chi connectivity index (χ0v) is 19.6. The van der Waals surface area contributed by atoms with Gasteiger partial charge in [-0.3, -0.25) is 9.59 Å². The number of hydrogen-bond acceptors (Lipinski definition) is 4. The second-order valence-corrected chi connectivity index (χ2v) is 14.2. The predicted octanol–water partition coefficient (Wildman–Crippen LogP) is 5.68. The number of allylic oxidation sites excluding steroid dienone is 3. The highest BCUT2D eigenvalue weighted by Crippen LogP contribution is 2.36. The first-order chi connectivity index (χ1) is 11.9. The lowest BCUT2D eigenvalue weighted by molar-refractivity contribution is -0.144. The van der Waals surface area contributed by atoms with Crippen molar-refractivity contribution in [3.05, 3.63) is 22.2 Å². The van der Waals surface area contributed by atoms with E-state index in [0.29, 0.717) is 6.42 Å². The molecule has 4 nitrogen and oxygen atoms in total. The Labute approximate surface area is 167 Å². The average Bonchev–Trinajstić information content (AvgIpc) is 2.80. The van der Waals surface area contributed by atoms with Crippen molar-refractivity contribution >= 4 is 36.0 Å². The molecule has 0 unspecified atom stereocenters. The minimum absolute atomic E-state index is 0.0596. The molecule has 0 saturated heterocycles. The van der Waals surface area contributed by atoms with E-state index in [4.69, 9.17) is 9.16 Å². The lowest BCUT2D eigenvalue weighted by atomic mass is 10.1. The highest BCUT2D eigenvalue weighted by atomic mass is 79.9. The Morgan fingerprint density at radius 2 is 2.00 bits per heavy atom. The van der Waals surface area contributed by atoms with Crippen LogP contribution in [0.3, 0.4) is 0 Å². The van der Waals surface area contributed by atoms with Gasteiger partial charge in [-0.05, 0) is 53.5 Å². The summed E-state index contributed by atoms with van der Waals surface area (Å²) in [6.07, 6.45) is 7.38. The molecular weight excluding hydrogens is 412 g/mol. The van der Waals surface area contributed by atoms with Crippen molar-refractivity contribution in [3.63, 3.8) is 0 Å². The summed E-state index contributed by atoms with van der Waals surface area (Å²) in [5.41, 5.74) is 0.723. The summed E-state index contributed by atoms with van der Waals surface area (Å²) in [5, 5.41) is 0.251. The summed E-state index contributed by atoms with van der Waals surface area (Å²) in [5.74, 6) is -0.292. The van der Waals surface area contributed by atoms with Crippen molar-refractivity contribution in [1.82, 2.24) is 0 Å². The number of unbranched alkanes of at least 4 members (excludes halogenated alkanes) is 2. The first kappa shape index (κ1) is 23.3. The van der Waals surface area contributed by atoms with Crippen LogP contribution in [-0.2, 0) is 18.8 Å². The van der Waals surface area contributed by atoms with Crippen molar-refractivity contribution in [1.29, 1.82) is 0 Å². The molecule has 0 bridgehead atoms. The minimum Gasteiger partial charge on any atom is -0.458 e. The van der Waals surface area contributed by atoms with Gasteiger partial charge in [-0.2, -0.15) is 0 Å². The van der Waals surface area contributed by atoms with Crippen molar-refractivity contribution in [2.45, 2.75) is 84.0 Å². The molecule has 0 spiro atoms. The van der Waals surface area contributed by atoms with Gasteiger partial charge in [0.25, 0.3) is 0 Å². The number of rotatable bonds is 9. The van der Waals surface area contributed by atoms with Crippen LogP contribution in [0, 0.1) is 0 Å². The Morgan fingerprint density at radius 1 is 1.35 bits per heavy atom. The zero-order chi connectivity index (χ0) is 20.0. The number of carbonyl (C=O) groups excluding carboxylic acids is 2. The summed E-state index contributed by atoms with van der Waals surface area (Å²) in [6, 6.07) is 0. The average molecular weight is 445 g/mol. The number of ketones is 1. The molecule has 0 aromatic rings. The van der Waals surface area contributed by atoms with E-state index in [-0.39, 0.29) is 23.2 Å². The van der Waals surface area contributed by atoms with Crippen LogP contribution in [0.4, 0.5) is 0 Å². The van der Waals surface area contributed by atoms with Crippen LogP contribution < -0.4 is 0 Å². The number of carbonyl (C=O) groups is 2. The summed E-state index contributed by atoms with van der Waals surface area (Å²) < 4.78 is 12.3.